The summed E-state index contributed by atoms with van der Waals surface area (Å²) in [5, 5.41) is 10.3. The lowest BCUT2D eigenvalue weighted by Gasteiger charge is -2.31. The number of halogens is 1. The van der Waals surface area contributed by atoms with Gasteiger partial charge < -0.3 is 15.6 Å². The second-order valence-corrected chi connectivity index (χ2v) is 6.37. The van der Waals surface area contributed by atoms with Crippen LogP contribution in [0.3, 0.4) is 0 Å². The second-order valence-electron chi connectivity index (χ2n) is 5.45. The van der Waals surface area contributed by atoms with Crippen molar-refractivity contribution in [2.24, 2.45) is 11.1 Å². The molecule has 3 N–H and O–H groups in total. The first-order chi connectivity index (χ1) is 8.27. The molecule has 0 heterocycles. The molecule has 1 aromatic carbocycles. The Morgan fingerprint density at radius 3 is 2.50 bits per heavy atom. The molecule has 0 bridgehead atoms. The summed E-state index contributed by atoms with van der Waals surface area (Å²) in [6.45, 7) is 8.41. The number of nitrogens with two attached hydrogens (primary N) is 1. The van der Waals surface area contributed by atoms with E-state index in [1.807, 2.05) is 45.9 Å². The Hall–Kier alpha value is -0.580. The first-order valence-corrected chi connectivity index (χ1v) is 6.92. The Labute approximate surface area is 117 Å². The van der Waals surface area contributed by atoms with E-state index in [1.54, 1.807) is 0 Å². The number of benzene rings is 1. The van der Waals surface area contributed by atoms with Gasteiger partial charge in [0.1, 0.15) is 5.75 Å². The average Bonchev–Trinajstić information content (AvgIpc) is 2.28. The predicted molar refractivity (Wildman–Crippen MR) is 77.7 cm³/mol. The highest BCUT2D eigenvalue weighted by molar-refractivity contribution is 9.10. The summed E-state index contributed by atoms with van der Waals surface area (Å²) in [7, 11) is 0. The molecule has 18 heavy (non-hydrogen) atoms. The number of aliphatic hydroxyl groups excluding tert-OH is 1. The lowest BCUT2D eigenvalue weighted by atomic mass is 9.82. The monoisotopic (exact) mass is 315 g/mol. The molecule has 4 heteroatoms. The van der Waals surface area contributed by atoms with Gasteiger partial charge in [0.2, 0.25) is 0 Å². The number of aliphatic hydroxyl groups is 1. The molecule has 0 radical (unpaired) electrons. The van der Waals surface area contributed by atoms with E-state index in [-0.39, 0.29) is 5.41 Å². The Balaban J connectivity index is 3.10. The second kappa shape index (κ2) is 6.04. The Morgan fingerprint density at radius 1 is 1.39 bits per heavy atom. The lowest BCUT2D eigenvalue weighted by molar-refractivity contribution is 0.0393. The van der Waals surface area contributed by atoms with Crippen molar-refractivity contribution in [2.75, 3.05) is 6.61 Å². The van der Waals surface area contributed by atoms with Gasteiger partial charge in [-0.25, -0.2) is 0 Å². The predicted octanol–water partition coefficient (Wildman–Crippen LogP) is 3.25. The first-order valence-electron chi connectivity index (χ1n) is 6.13. The van der Waals surface area contributed by atoms with Crippen LogP contribution in [0.25, 0.3) is 0 Å². The van der Waals surface area contributed by atoms with Crippen molar-refractivity contribution in [3.63, 3.8) is 0 Å². The van der Waals surface area contributed by atoms with Crippen LogP contribution in [0.2, 0.25) is 0 Å². The fraction of sp³-hybridized carbons (Fsp3) is 0.571. The van der Waals surface area contributed by atoms with Gasteiger partial charge >= 0.3 is 0 Å². The Morgan fingerprint density at radius 2 is 2.00 bits per heavy atom. The van der Waals surface area contributed by atoms with E-state index in [4.69, 9.17) is 10.5 Å². The molecule has 0 aromatic heterocycles. The molecule has 0 aliphatic rings. The van der Waals surface area contributed by atoms with Crippen LogP contribution < -0.4 is 10.5 Å². The molecule has 102 valence electrons. The Kier molecular flexibility index (Phi) is 5.20. The zero-order chi connectivity index (χ0) is 13.9. The fourth-order valence-corrected chi connectivity index (χ4v) is 2.15. The highest BCUT2D eigenvalue weighted by Crippen LogP contribution is 2.34. The van der Waals surface area contributed by atoms with E-state index in [9.17, 15) is 5.11 Å². The van der Waals surface area contributed by atoms with Gasteiger partial charge in [-0.1, -0.05) is 36.7 Å². The number of ether oxygens (including phenoxy) is 1. The van der Waals surface area contributed by atoms with Gasteiger partial charge in [-0.15, -0.1) is 0 Å². The van der Waals surface area contributed by atoms with Crippen LogP contribution in [-0.2, 0) is 0 Å². The van der Waals surface area contributed by atoms with Crippen LogP contribution in [0.4, 0.5) is 0 Å². The van der Waals surface area contributed by atoms with Crippen molar-refractivity contribution in [2.45, 2.75) is 39.8 Å². The molecular weight excluding hydrogens is 294 g/mol. The van der Waals surface area contributed by atoms with E-state index in [1.165, 1.54) is 0 Å². The minimum absolute atomic E-state index is 0.273. The summed E-state index contributed by atoms with van der Waals surface area (Å²) in [5.74, 6) is 0.733. The van der Waals surface area contributed by atoms with E-state index in [0.29, 0.717) is 6.61 Å². The Bertz CT molecular complexity index is 401. The lowest BCUT2D eigenvalue weighted by Crippen LogP contribution is -2.37. The SMILES string of the molecule is CCOc1ccc(Br)cc1[C@H](N)[C@H](O)C(C)(C)C. The number of hydrogen-bond donors (Lipinski definition) is 2. The molecule has 1 rings (SSSR count). The third-order valence-electron chi connectivity index (χ3n) is 2.86. The van der Waals surface area contributed by atoms with Crippen LogP contribution in [-0.4, -0.2) is 17.8 Å². The van der Waals surface area contributed by atoms with Crippen molar-refractivity contribution in [1.82, 2.24) is 0 Å². The molecule has 3 nitrogen and oxygen atoms in total. The summed E-state index contributed by atoms with van der Waals surface area (Å²) in [6, 6.07) is 5.22. The topological polar surface area (TPSA) is 55.5 Å². The van der Waals surface area contributed by atoms with Gasteiger partial charge in [-0.05, 0) is 30.5 Å². The zero-order valence-corrected chi connectivity index (χ0v) is 13.0. The summed E-state index contributed by atoms with van der Waals surface area (Å²) in [5.41, 5.74) is 6.73. The van der Waals surface area contributed by atoms with Gasteiger partial charge in [0.05, 0.1) is 18.8 Å². The minimum Gasteiger partial charge on any atom is -0.494 e. The average molecular weight is 316 g/mol. The van der Waals surface area contributed by atoms with Gasteiger partial charge in [0.15, 0.2) is 0 Å². The van der Waals surface area contributed by atoms with Gasteiger partial charge in [-0.2, -0.15) is 0 Å². The van der Waals surface area contributed by atoms with Crippen LogP contribution >= 0.6 is 15.9 Å². The molecule has 0 spiro atoms. The summed E-state index contributed by atoms with van der Waals surface area (Å²) < 4.78 is 6.49. The molecule has 0 aliphatic carbocycles. The van der Waals surface area contributed by atoms with E-state index < -0.39 is 12.1 Å². The number of rotatable bonds is 4. The van der Waals surface area contributed by atoms with Crippen LogP contribution in [0.1, 0.15) is 39.3 Å². The zero-order valence-electron chi connectivity index (χ0n) is 11.4. The molecule has 0 fully saturated rings. The van der Waals surface area contributed by atoms with Crippen molar-refractivity contribution >= 4 is 15.9 Å². The highest BCUT2D eigenvalue weighted by Gasteiger charge is 2.30. The molecule has 0 saturated heterocycles. The number of hydrogen-bond acceptors (Lipinski definition) is 3. The summed E-state index contributed by atoms with van der Waals surface area (Å²) in [4.78, 5) is 0. The third-order valence-corrected chi connectivity index (χ3v) is 3.35. The molecule has 0 aliphatic heterocycles. The van der Waals surface area contributed by atoms with E-state index in [2.05, 4.69) is 15.9 Å². The van der Waals surface area contributed by atoms with Gasteiger partial charge in [0.25, 0.3) is 0 Å². The van der Waals surface area contributed by atoms with Crippen molar-refractivity contribution < 1.29 is 9.84 Å². The van der Waals surface area contributed by atoms with Crippen molar-refractivity contribution in [3.05, 3.63) is 28.2 Å². The maximum atomic E-state index is 10.3. The molecule has 1 aromatic rings. The van der Waals surface area contributed by atoms with Crippen LogP contribution in [0.5, 0.6) is 5.75 Å². The quantitative estimate of drug-likeness (QED) is 0.896. The summed E-state index contributed by atoms with van der Waals surface area (Å²) in [6.07, 6.45) is -0.633. The van der Waals surface area contributed by atoms with Crippen molar-refractivity contribution in [3.8, 4) is 5.75 Å². The van der Waals surface area contributed by atoms with Crippen molar-refractivity contribution in [1.29, 1.82) is 0 Å². The fourth-order valence-electron chi connectivity index (χ4n) is 1.78. The van der Waals surface area contributed by atoms with E-state index in [0.717, 1.165) is 15.8 Å². The molecule has 0 unspecified atom stereocenters. The maximum Gasteiger partial charge on any atom is 0.124 e. The molecular formula is C14H22BrNO2. The van der Waals surface area contributed by atoms with Gasteiger partial charge in [-0.3, -0.25) is 0 Å². The third kappa shape index (κ3) is 3.70. The first kappa shape index (κ1) is 15.5. The molecule has 0 saturated carbocycles. The molecule has 0 amide bonds. The molecule has 2 atom stereocenters. The summed E-state index contributed by atoms with van der Waals surface area (Å²) >= 11 is 3.42. The maximum absolute atomic E-state index is 10.3. The highest BCUT2D eigenvalue weighted by atomic mass is 79.9. The normalized spacial score (nSPS) is 15.3. The van der Waals surface area contributed by atoms with Gasteiger partial charge in [0, 0.05) is 10.0 Å². The van der Waals surface area contributed by atoms with Crippen LogP contribution in [0.15, 0.2) is 22.7 Å². The van der Waals surface area contributed by atoms with Crippen LogP contribution in [0, 0.1) is 5.41 Å². The standard InChI is InChI=1S/C14H22BrNO2/c1-5-18-11-7-6-9(15)8-10(11)12(16)13(17)14(2,3)4/h6-8,12-13,17H,5,16H2,1-4H3/t12-,13-/m0/s1. The smallest absolute Gasteiger partial charge is 0.124 e. The minimum atomic E-state index is -0.633. The van der Waals surface area contributed by atoms with E-state index >= 15 is 0 Å². The largest absolute Gasteiger partial charge is 0.494 e.